The van der Waals surface area contributed by atoms with Gasteiger partial charge in [-0.25, -0.2) is 9.59 Å². The highest BCUT2D eigenvalue weighted by Crippen LogP contribution is 2.59. The lowest BCUT2D eigenvalue weighted by atomic mass is 9.48. The number of rotatable bonds is 7. The van der Waals surface area contributed by atoms with Crippen LogP contribution in [0.1, 0.15) is 51.0 Å². The second-order valence-electron chi connectivity index (χ2n) is 10.6. The Balaban J connectivity index is 1.17. The van der Waals surface area contributed by atoms with Crippen molar-refractivity contribution < 1.29 is 33.8 Å². The molecule has 2 bridgehead atoms. The standard InChI is InChI=1S/C26H31N3O7/c1-25(2)19-8-7-18(20(25)14-19)13-21-27-22(28-36-21)17-5-3-16(4-6-17)15-29-11-9-26(10-12-29,34-23(30)31)35-24(32)33/h3-7,19-20H,8-15H2,1-2H3,(H,30,31)(H,32,33). The molecule has 10 nitrogen and oxygen atoms in total. The molecule has 0 amide bonds. The van der Waals surface area contributed by atoms with Gasteiger partial charge in [0.2, 0.25) is 11.7 Å². The number of piperidine rings is 1. The SMILES string of the molecule is CC1(C)C2CC=C(Cc3nc(-c4ccc(CN5CCC(OC(=O)O)(OC(=O)O)CC5)cc4)no3)C1C2. The average molecular weight is 498 g/mol. The summed E-state index contributed by atoms with van der Waals surface area (Å²) in [6.45, 7) is 6.21. The summed E-state index contributed by atoms with van der Waals surface area (Å²) < 4.78 is 15.1. The van der Waals surface area contributed by atoms with Crippen molar-refractivity contribution in [3.63, 3.8) is 0 Å². The van der Waals surface area contributed by atoms with Crippen LogP contribution >= 0.6 is 0 Å². The first-order valence-corrected chi connectivity index (χ1v) is 12.3. The molecule has 2 unspecified atom stereocenters. The summed E-state index contributed by atoms with van der Waals surface area (Å²) in [6.07, 6.45) is 2.61. The topological polar surface area (TPSA) is 135 Å². The Morgan fingerprint density at radius 2 is 1.78 bits per heavy atom. The summed E-state index contributed by atoms with van der Waals surface area (Å²) >= 11 is 0. The molecule has 0 spiro atoms. The molecule has 10 heteroatoms. The Labute approximate surface area is 208 Å². The Kier molecular flexibility index (Phi) is 6.23. The molecule has 2 atom stereocenters. The van der Waals surface area contributed by atoms with Crippen molar-refractivity contribution in [2.24, 2.45) is 17.3 Å². The number of carbonyl (C=O) groups is 2. The Hall–Kier alpha value is -3.40. The van der Waals surface area contributed by atoms with Crippen LogP contribution in [0.3, 0.4) is 0 Å². The highest BCUT2D eigenvalue weighted by Gasteiger charge is 2.51. The van der Waals surface area contributed by atoms with Crippen LogP contribution in [-0.4, -0.2) is 56.4 Å². The maximum absolute atomic E-state index is 11.0. The number of aromatic nitrogens is 2. The second kappa shape index (κ2) is 9.24. The van der Waals surface area contributed by atoms with Gasteiger partial charge in [0.15, 0.2) is 0 Å². The molecule has 2 heterocycles. The lowest BCUT2D eigenvalue weighted by molar-refractivity contribution is -0.205. The molecule has 1 aromatic carbocycles. The summed E-state index contributed by atoms with van der Waals surface area (Å²) in [5, 5.41) is 22.1. The van der Waals surface area contributed by atoms with Gasteiger partial charge in [0, 0.05) is 44.5 Å². The Morgan fingerprint density at radius 1 is 1.11 bits per heavy atom. The molecule has 2 fully saturated rings. The van der Waals surface area contributed by atoms with E-state index in [1.165, 1.54) is 12.0 Å². The molecule has 1 aliphatic heterocycles. The average Bonchev–Trinajstić information content (AvgIpc) is 3.28. The van der Waals surface area contributed by atoms with E-state index in [1.54, 1.807) is 0 Å². The molecule has 1 saturated heterocycles. The number of allylic oxidation sites excluding steroid dienone is 2. The minimum absolute atomic E-state index is 0.129. The molecule has 2 N–H and O–H groups in total. The third-order valence-corrected chi connectivity index (χ3v) is 8.19. The van der Waals surface area contributed by atoms with Crippen LogP contribution in [0.15, 0.2) is 40.4 Å². The molecular weight excluding hydrogens is 466 g/mol. The van der Waals surface area contributed by atoms with Crippen molar-refractivity contribution in [3.05, 3.63) is 47.4 Å². The van der Waals surface area contributed by atoms with Gasteiger partial charge in [0.25, 0.3) is 5.79 Å². The molecule has 3 aliphatic carbocycles. The molecule has 0 radical (unpaired) electrons. The van der Waals surface area contributed by atoms with Gasteiger partial charge in [-0.05, 0) is 35.7 Å². The van der Waals surface area contributed by atoms with Gasteiger partial charge < -0.3 is 24.2 Å². The van der Waals surface area contributed by atoms with Crippen LogP contribution in [0.4, 0.5) is 9.59 Å². The molecule has 1 saturated carbocycles. The van der Waals surface area contributed by atoms with E-state index in [1.807, 2.05) is 24.3 Å². The maximum Gasteiger partial charge on any atom is 0.509 e. The van der Waals surface area contributed by atoms with Crippen molar-refractivity contribution >= 4 is 12.3 Å². The monoisotopic (exact) mass is 497 g/mol. The zero-order valence-corrected chi connectivity index (χ0v) is 20.5. The lowest BCUT2D eigenvalue weighted by Gasteiger charge is -2.56. The van der Waals surface area contributed by atoms with Gasteiger partial charge in [0.05, 0.1) is 0 Å². The fourth-order valence-corrected chi connectivity index (χ4v) is 5.91. The van der Waals surface area contributed by atoms with E-state index >= 15 is 0 Å². The predicted molar refractivity (Wildman–Crippen MR) is 127 cm³/mol. The van der Waals surface area contributed by atoms with Crippen molar-refractivity contribution in [1.29, 1.82) is 0 Å². The van der Waals surface area contributed by atoms with Gasteiger partial charge in [-0.2, -0.15) is 4.98 Å². The van der Waals surface area contributed by atoms with Crippen LogP contribution < -0.4 is 0 Å². The first kappa shape index (κ1) is 24.3. The quantitative estimate of drug-likeness (QED) is 0.307. The van der Waals surface area contributed by atoms with E-state index in [4.69, 9.17) is 24.2 Å². The lowest BCUT2D eigenvalue weighted by Crippen LogP contribution is -2.49. The van der Waals surface area contributed by atoms with E-state index in [0.29, 0.717) is 49.1 Å². The van der Waals surface area contributed by atoms with Gasteiger partial charge in [-0.3, -0.25) is 4.90 Å². The van der Waals surface area contributed by atoms with Gasteiger partial charge in [-0.15, -0.1) is 0 Å². The zero-order valence-electron chi connectivity index (χ0n) is 20.5. The predicted octanol–water partition coefficient (Wildman–Crippen LogP) is 4.95. The number of nitrogens with zero attached hydrogens (tertiary/aromatic N) is 3. The van der Waals surface area contributed by atoms with Crippen LogP contribution in [0.2, 0.25) is 0 Å². The number of hydrogen-bond donors (Lipinski definition) is 2. The first-order chi connectivity index (χ1) is 17.1. The molecule has 4 aliphatic rings. The van der Waals surface area contributed by atoms with Crippen LogP contribution in [0.5, 0.6) is 0 Å². The highest BCUT2D eigenvalue weighted by atomic mass is 16.8. The van der Waals surface area contributed by atoms with E-state index in [9.17, 15) is 9.59 Å². The van der Waals surface area contributed by atoms with Crippen molar-refractivity contribution in [2.45, 2.75) is 58.3 Å². The van der Waals surface area contributed by atoms with Crippen LogP contribution in [0, 0.1) is 17.3 Å². The summed E-state index contributed by atoms with van der Waals surface area (Å²) in [7, 11) is 0. The van der Waals surface area contributed by atoms with Crippen molar-refractivity contribution in [3.8, 4) is 11.4 Å². The normalized spacial score (nSPS) is 24.3. The van der Waals surface area contributed by atoms with Crippen molar-refractivity contribution in [2.75, 3.05) is 13.1 Å². The van der Waals surface area contributed by atoms with E-state index < -0.39 is 18.1 Å². The number of hydrogen-bond acceptors (Lipinski definition) is 8. The third kappa shape index (κ3) is 4.82. The molecule has 6 rings (SSSR count). The number of fused-ring (bicyclic) bond motifs is 1. The molecule has 36 heavy (non-hydrogen) atoms. The Morgan fingerprint density at radius 3 is 2.36 bits per heavy atom. The fourth-order valence-electron chi connectivity index (χ4n) is 5.91. The second-order valence-corrected chi connectivity index (χ2v) is 10.6. The van der Waals surface area contributed by atoms with E-state index in [0.717, 1.165) is 23.5 Å². The maximum atomic E-state index is 11.0. The van der Waals surface area contributed by atoms with Gasteiger partial charge in [0.1, 0.15) is 0 Å². The number of ether oxygens (including phenoxy) is 2. The summed E-state index contributed by atoms with van der Waals surface area (Å²) in [5.74, 6) is 0.963. The smallest absolute Gasteiger partial charge is 0.450 e. The summed E-state index contributed by atoms with van der Waals surface area (Å²) in [4.78, 5) is 28.7. The van der Waals surface area contributed by atoms with Gasteiger partial charge >= 0.3 is 12.3 Å². The Bertz CT molecular complexity index is 1140. The number of benzene rings is 1. The largest absolute Gasteiger partial charge is 0.509 e. The fraction of sp³-hybridized carbons (Fsp3) is 0.538. The zero-order chi connectivity index (χ0) is 25.5. The molecular formula is C26H31N3O7. The molecule has 192 valence electrons. The van der Waals surface area contributed by atoms with Crippen LogP contribution in [-0.2, 0) is 22.4 Å². The van der Waals surface area contributed by atoms with Gasteiger partial charge in [-0.1, -0.05) is 54.9 Å². The minimum Gasteiger partial charge on any atom is -0.450 e. The third-order valence-electron chi connectivity index (χ3n) is 8.19. The number of likely N-dealkylation sites (tertiary alicyclic amines) is 1. The summed E-state index contributed by atoms with van der Waals surface area (Å²) in [5.41, 5.74) is 3.71. The molecule has 1 aromatic heterocycles. The van der Waals surface area contributed by atoms with E-state index in [-0.39, 0.29) is 12.8 Å². The minimum atomic E-state index is -1.65. The summed E-state index contributed by atoms with van der Waals surface area (Å²) in [6, 6.07) is 7.91. The van der Waals surface area contributed by atoms with Crippen LogP contribution in [0.25, 0.3) is 11.4 Å². The first-order valence-electron chi connectivity index (χ1n) is 12.3. The number of carboxylic acid groups (broad SMARTS) is 2. The highest BCUT2D eigenvalue weighted by molar-refractivity contribution is 5.60. The van der Waals surface area contributed by atoms with Crippen molar-refractivity contribution in [1.82, 2.24) is 15.0 Å². The molecule has 2 aromatic rings. The van der Waals surface area contributed by atoms with E-state index in [2.05, 4.69) is 35.0 Å².